The number of methoxy groups -OCH3 is 2. The summed E-state index contributed by atoms with van der Waals surface area (Å²) < 4.78 is 10.5. The standard InChI is InChI=1S/C16H18ClNO2S/c1-19-14-8-7-11(9-15(14)20-2)13(18)10-21-16-6-4-3-5-12(16)17/h3-9,13H,10,18H2,1-2H3. The van der Waals surface area contributed by atoms with Gasteiger partial charge in [0.1, 0.15) is 0 Å². The van der Waals surface area contributed by atoms with Crippen LogP contribution in [0.2, 0.25) is 5.02 Å². The Morgan fingerprint density at radius 1 is 1.10 bits per heavy atom. The number of thioether (sulfide) groups is 1. The Labute approximate surface area is 134 Å². The lowest BCUT2D eigenvalue weighted by Crippen LogP contribution is -2.13. The molecule has 2 rings (SSSR count). The third-order valence-corrected chi connectivity index (χ3v) is 4.73. The zero-order valence-electron chi connectivity index (χ0n) is 12.0. The predicted molar refractivity (Wildman–Crippen MR) is 88.7 cm³/mol. The fourth-order valence-corrected chi connectivity index (χ4v) is 3.15. The second-order valence-corrected chi connectivity index (χ2v) is 5.93. The van der Waals surface area contributed by atoms with Gasteiger partial charge < -0.3 is 15.2 Å². The van der Waals surface area contributed by atoms with Crippen LogP contribution in [0.1, 0.15) is 11.6 Å². The molecule has 1 atom stereocenters. The lowest BCUT2D eigenvalue weighted by atomic mass is 10.1. The summed E-state index contributed by atoms with van der Waals surface area (Å²) in [7, 11) is 3.23. The first-order valence-electron chi connectivity index (χ1n) is 6.50. The second-order valence-electron chi connectivity index (χ2n) is 4.46. The summed E-state index contributed by atoms with van der Waals surface area (Å²) in [6, 6.07) is 13.4. The molecule has 0 aliphatic heterocycles. The van der Waals surface area contributed by atoms with E-state index in [1.807, 2.05) is 42.5 Å². The molecular formula is C16H18ClNO2S. The normalized spacial score (nSPS) is 12.0. The van der Waals surface area contributed by atoms with Crippen molar-refractivity contribution in [3.05, 3.63) is 53.1 Å². The van der Waals surface area contributed by atoms with Crippen LogP contribution in [-0.4, -0.2) is 20.0 Å². The van der Waals surface area contributed by atoms with E-state index in [-0.39, 0.29) is 6.04 Å². The molecule has 1 unspecified atom stereocenters. The second kappa shape index (κ2) is 7.59. The van der Waals surface area contributed by atoms with E-state index in [2.05, 4.69) is 0 Å². The summed E-state index contributed by atoms with van der Waals surface area (Å²) in [5, 5.41) is 0.752. The van der Waals surface area contributed by atoms with Crippen LogP contribution >= 0.6 is 23.4 Å². The number of rotatable bonds is 6. The molecule has 3 nitrogen and oxygen atoms in total. The fraction of sp³-hybridized carbons (Fsp3) is 0.250. The van der Waals surface area contributed by atoms with E-state index in [1.165, 1.54) is 0 Å². The van der Waals surface area contributed by atoms with Gasteiger partial charge in [-0.3, -0.25) is 0 Å². The first-order valence-corrected chi connectivity index (χ1v) is 7.87. The zero-order chi connectivity index (χ0) is 15.2. The Kier molecular flexibility index (Phi) is 5.79. The van der Waals surface area contributed by atoms with Crippen molar-refractivity contribution in [2.24, 2.45) is 5.73 Å². The summed E-state index contributed by atoms with van der Waals surface area (Å²) >= 11 is 7.79. The van der Waals surface area contributed by atoms with E-state index in [9.17, 15) is 0 Å². The lowest BCUT2D eigenvalue weighted by molar-refractivity contribution is 0.354. The Morgan fingerprint density at radius 3 is 2.48 bits per heavy atom. The summed E-state index contributed by atoms with van der Waals surface area (Å²) in [6.07, 6.45) is 0. The Morgan fingerprint density at radius 2 is 1.81 bits per heavy atom. The van der Waals surface area contributed by atoms with Crippen LogP contribution in [0.3, 0.4) is 0 Å². The number of hydrogen-bond acceptors (Lipinski definition) is 4. The minimum Gasteiger partial charge on any atom is -0.493 e. The molecule has 0 fully saturated rings. The van der Waals surface area contributed by atoms with Gasteiger partial charge in [0.15, 0.2) is 11.5 Å². The molecule has 0 aliphatic rings. The number of hydrogen-bond donors (Lipinski definition) is 1. The third-order valence-electron chi connectivity index (χ3n) is 3.09. The molecule has 0 amide bonds. The van der Waals surface area contributed by atoms with E-state index in [1.54, 1.807) is 26.0 Å². The highest BCUT2D eigenvalue weighted by Crippen LogP contribution is 2.33. The minimum absolute atomic E-state index is 0.105. The van der Waals surface area contributed by atoms with Gasteiger partial charge >= 0.3 is 0 Å². The van der Waals surface area contributed by atoms with Crippen LogP contribution in [0.25, 0.3) is 0 Å². The molecule has 0 radical (unpaired) electrons. The topological polar surface area (TPSA) is 44.5 Å². The third kappa shape index (κ3) is 4.06. The van der Waals surface area contributed by atoms with Gasteiger partial charge in [-0.15, -0.1) is 11.8 Å². The minimum atomic E-state index is -0.105. The van der Waals surface area contributed by atoms with Gasteiger partial charge in [-0.2, -0.15) is 0 Å². The Hall–Kier alpha value is -1.36. The van der Waals surface area contributed by atoms with Crippen molar-refractivity contribution in [1.82, 2.24) is 0 Å². The van der Waals surface area contributed by atoms with E-state index in [0.29, 0.717) is 11.5 Å². The molecule has 2 aromatic rings. The molecule has 0 saturated heterocycles. The van der Waals surface area contributed by atoms with Crippen LogP contribution < -0.4 is 15.2 Å². The van der Waals surface area contributed by atoms with Crippen molar-refractivity contribution in [3.63, 3.8) is 0 Å². The maximum absolute atomic E-state index is 6.25. The Balaban J connectivity index is 2.06. The van der Waals surface area contributed by atoms with Gasteiger partial charge in [0.2, 0.25) is 0 Å². The molecule has 0 bridgehead atoms. The van der Waals surface area contributed by atoms with Crippen molar-refractivity contribution >= 4 is 23.4 Å². The molecule has 0 heterocycles. The smallest absolute Gasteiger partial charge is 0.161 e. The predicted octanol–water partition coefficient (Wildman–Crippen LogP) is 4.15. The largest absolute Gasteiger partial charge is 0.493 e. The average Bonchev–Trinajstić information content (AvgIpc) is 2.53. The first kappa shape index (κ1) is 16.0. The molecule has 2 aromatic carbocycles. The van der Waals surface area contributed by atoms with Gasteiger partial charge in [-0.05, 0) is 29.8 Å². The SMILES string of the molecule is COc1ccc(C(N)CSc2ccccc2Cl)cc1OC. The average molecular weight is 324 g/mol. The van der Waals surface area contributed by atoms with Gasteiger partial charge in [0.05, 0.1) is 19.2 Å². The molecule has 112 valence electrons. The molecule has 0 spiro atoms. The molecule has 21 heavy (non-hydrogen) atoms. The maximum atomic E-state index is 6.25. The van der Waals surface area contributed by atoms with E-state index in [4.69, 9.17) is 26.8 Å². The van der Waals surface area contributed by atoms with E-state index in [0.717, 1.165) is 21.2 Å². The molecule has 0 aromatic heterocycles. The van der Waals surface area contributed by atoms with Gasteiger partial charge in [-0.1, -0.05) is 29.8 Å². The number of ether oxygens (including phenoxy) is 2. The lowest BCUT2D eigenvalue weighted by Gasteiger charge is -2.15. The zero-order valence-corrected chi connectivity index (χ0v) is 13.6. The first-order chi connectivity index (χ1) is 10.2. The Bertz CT molecular complexity index is 607. The van der Waals surface area contributed by atoms with Crippen LogP contribution in [0.5, 0.6) is 11.5 Å². The van der Waals surface area contributed by atoms with Crippen LogP contribution in [0.4, 0.5) is 0 Å². The summed E-state index contributed by atoms with van der Waals surface area (Å²) in [6.45, 7) is 0. The molecule has 0 aliphatic carbocycles. The highest BCUT2D eigenvalue weighted by atomic mass is 35.5. The van der Waals surface area contributed by atoms with Crippen LogP contribution in [-0.2, 0) is 0 Å². The van der Waals surface area contributed by atoms with Crippen LogP contribution in [0.15, 0.2) is 47.4 Å². The van der Waals surface area contributed by atoms with E-state index < -0.39 is 0 Å². The summed E-state index contributed by atoms with van der Waals surface area (Å²) in [4.78, 5) is 1.04. The van der Waals surface area contributed by atoms with Crippen molar-refractivity contribution < 1.29 is 9.47 Å². The van der Waals surface area contributed by atoms with Gasteiger partial charge in [-0.25, -0.2) is 0 Å². The van der Waals surface area contributed by atoms with Crippen LogP contribution in [0, 0.1) is 0 Å². The monoisotopic (exact) mass is 323 g/mol. The number of benzene rings is 2. The number of halogens is 1. The molecule has 2 N–H and O–H groups in total. The van der Waals surface area contributed by atoms with Gasteiger partial charge in [0, 0.05) is 16.7 Å². The highest BCUT2D eigenvalue weighted by Gasteiger charge is 2.12. The van der Waals surface area contributed by atoms with E-state index >= 15 is 0 Å². The fourth-order valence-electron chi connectivity index (χ4n) is 1.92. The molecular weight excluding hydrogens is 306 g/mol. The van der Waals surface area contributed by atoms with Crippen molar-refractivity contribution in [2.75, 3.05) is 20.0 Å². The van der Waals surface area contributed by atoms with Gasteiger partial charge in [0.25, 0.3) is 0 Å². The van der Waals surface area contributed by atoms with Crippen molar-refractivity contribution in [2.45, 2.75) is 10.9 Å². The van der Waals surface area contributed by atoms with Crippen molar-refractivity contribution in [1.29, 1.82) is 0 Å². The quantitative estimate of drug-likeness (QED) is 0.811. The maximum Gasteiger partial charge on any atom is 0.161 e. The summed E-state index contributed by atoms with van der Waals surface area (Å²) in [5.41, 5.74) is 7.25. The van der Waals surface area contributed by atoms with Crippen molar-refractivity contribution in [3.8, 4) is 11.5 Å². The number of nitrogens with two attached hydrogens (primary N) is 1. The molecule has 5 heteroatoms. The molecule has 0 saturated carbocycles. The highest BCUT2D eigenvalue weighted by molar-refractivity contribution is 7.99. The summed E-state index contributed by atoms with van der Waals surface area (Å²) in [5.74, 6) is 2.12.